The van der Waals surface area contributed by atoms with Crippen LogP contribution in [0.25, 0.3) is 21.5 Å². The molecule has 0 N–H and O–H groups in total. The Bertz CT molecular complexity index is 726. The van der Waals surface area contributed by atoms with Gasteiger partial charge in [-0.3, -0.25) is 0 Å². The maximum Gasteiger partial charge on any atom is 2.00 e. The quantitative estimate of drug-likeness (QED) is 0.182. The Morgan fingerprint density at radius 2 is 0.962 bits per heavy atom. The van der Waals surface area contributed by atoms with Crippen LogP contribution in [-0.4, -0.2) is 9.52 Å². The molecule has 0 fully saturated rings. The molecule has 4 heteroatoms. The normalized spacial score (nSPS) is 8.77. The van der Waals surface area contributed by atoms with Crippen molar-refractivity contribution in [2.24, 2.45) is 0 Å². The van der Waals surface area contributed by atoms with Crippen LogP contribution in [0, 0.1) is 13.8 Å². The van der Waals surface area contributed by atoms with Crippen LogP contribution in [0.3, 0.4) is 0 Å². The van der Waals surface area contributed by atoms with E-state index in [1.165, 1.54) is 32.7 Å². The molecule has 4 rings (SSSR count). The largest absolute Gasteiger partial charge is 2.00 e. The number of aryl methyl sites for hydroxylation is 2. The predicted molar refractivity (Wildman–Crippen MR) is 121 cm³/mol. The van der Waals surface area contributed by atoms with Gasteiger partial charge in [0.25, 0.3) is 0 Å². The van der Waals surface area contributed by atoms with E-state index in [1.807, 2.05) is 0 Å². The summed E-state index contributed by atoms with van der Waals surface area (Å²) in [6, 6.07) is 25.7. The van der Waals surface area contributed by atoms with Crippen LogP contribution >= 0.6 is 24.8 Å². The zero-order valence-corrected chi connectivity index (χ0v) is 20.8. The zero-order chi connectivity index (χ0) is 16.7. The second kappa shape index (κ2) is 14.4. The molecule has 0 nitrogen and oxygen atoms in total. The Morgan fingerprint density at radius 1 is 0.654 bits per heavy atom. The molecule has 0 saturated heterocycles. The monoisotopic (exact) mass is 478 g/mol. The molecule has 0 aliphatic heterocycles. The molecule has 0 bridgehead atoms. The van der Waals surface area contributed by atoms with Crippen molar-refractivity contribution < 1.29 is 26.2 Å². The minimum Gasteiger partial charge on any atom is -0.165 e. The van der Waals surface area contributed by atoms with Crippen molar-refractivity contribution in [2.75, 3.05) is 0 Å². The van der Waals surface area contributed by atoms with Crippen molar-refractivity contribution in [1.29, 1.82) is 0 Å². The molecule has 0 unspecified atom stereocenters. The average molecular weight is 481 g/mol. The molecule has 0 atom stereocenters. The first kappa shape index (κ1) is 27.6. The summed E-state index contributed by atoms with van der Waals surface area (Å²) >= 11 is 0. The van der Waals surface area contributed by atoms with Crippen LogP contribution in [-0.2, 0) is 26.2 Å². The molecule has 0 spiro atoms. The minimum absolute atomic E-state index is 0. The van der Waals surface area contributed by atoms with Crippen LogP contribution < -0.4 is 0 Å². The molecule has 4 aromatic rings. The van der Waals surface area contributed by atoms with Crippen molar-refractivity contribution in [1.82, 2.24) is 0 Å². The Kier molecular flexibility index (Phi) is 15.3. The van der Waals surface area contributed by atoms with Gasteiger partial charge in [-0.2, -0.15) is 12.1 Å². The molecule has 26 heavy (non-hydrogen) atoms. The van der Waals surface area contributed by atoms with Gasteiger partial charge in [-0.25, -0.2) is 0 Å². The summed E-state index contributed by atoms with van der Waals surface area (Å²) in [4.78, 5) is 0. The number of halogens is 2. The van der Waals surface area contributed by atoms with Crippen molar-refractivity contribution in [3.63, 3.8) is 0 Å². The number of hydrogen-bond acceptors (Lipinski definition) is 0. The van der Waals surface area contributed by atoms with Gasteiger partial charge in [0.1, 0.15) is 0 Å². The SMILES string of the molecule is C[Si]C.Cc1cc2ccccc2[cH-]1.Cc1cc2ccccc2[cH-]1.Cl.Cl.[Zr+2]. The third-order valence-corrected chi connectivity index (χ3v) is 3.52. The summed E-state index contributed by atoms with van der Waals surface area (Å²) < 4.78 is 0. The van der Waals surface area contributed by atoms with Gasteiger partial charge >= 0.3 is 26.2 Å². The third-order valence-electron chi connectivity index (χ3n) is 3.52. The van der Waals surface area contributed by atoms with Gasteiger partial charge in [-0.05, 0) is 0 Å². The van der Waals surface area contributed by atoms with Gasteiger partial charge in [0.05, 0.1) is 0 Å². The van der Waals surface area contributed by atoms with Crippen LogP contribution in [0.5, 0.6) is 0 Å². The molecule has 2 radical (unpaired) electrons. The molecule has 4 aromatic carbocycles. The second-order valence-corrected chi connectivity index (χ2v) is 6.82. The first-order valence-corrected chi connectivity index (χ1v) is 9.96. The Labute approximate surface area is 191 Å². The third kappa shape index (κ3) is 8.35. The summed E-state index contributed by atoms with van der Waals surface area (Å²) in [6.07, 6.45) is 0. The number of hydrogen-bond donors (Lipinski definition) is 0. The number of rotatable bonds is 0. The van der Waals surface area contributed by atoms with E-state index in [1.54, 1.807) is 0 Å². The number of fused-ring (bicyclic) bond motifs is 2. The van der Waals surface area contributed by atoms with Crippen molar-refractivity contribution >= 4 is 55.9 Å². The van der Waals surface area contributed by atoms with E-state index in [9.17, 15) is 0 Å². The van der Waals surface area contributed by atoms with E-state index in [0.717, 1.165) is 9.52 Å². The van der Waals surface area contributed by atoms with Crippen LogP contribution in [0.2, 0.25) is 13.1 Å². The van der Waals surface area contributed by atoms with Crippen LogP contribution in [0.1, 0.15) is 11.1 Å². The first-order valence-electron chi connectivity index (χ1n) is 7.96. The fourth-order valence-electron chi connectivity index (χ4n) is 2.61. The molecular weight excluding hydrogens is 454 g/mol. The number of benzene rings is 2. The maximum atomic E-state index is 2.20. The summed E-state index contributed by atoms with van der Waals surface area (Å²) in [6.45, 7) is 8.56. The van der Waals surface area contributed by atoms with Crippen molar-refractivity contribution in [3.8, 4) is 0 Å². The first-order chi connectivity index (χ1) is 11.1. The van der Waals surface area contributed by atoms with E-state index in [2.05, 4.69) is 99.7 Å². The summed E-state index contributed by atoms with van der Waals surface area (Å²) in [5.41, 5.74) is 2.70. The summed E-state index contributed by atoms with van der Waals surface area (Å²) in [5, 5.41) is 5.39. The Balaban J connectivity index is 0. The zero-order valence-electron chi connectivity index (χ0n) is 15.7. The molecule has 0 saturated carbocycles. The molecule has 136 valence electrons. The topological polar surface area (TPSA) is 0 Å². The van der Waals surface area contributed by atoms with E-state index >= 15 is 0 Å². The second-order valence-electron chi connectivity index (χ2n) is 5.82. The van der Waals surface area contributed by atoms with E-state index in [4.69, 9.17) is 0 Å². The Morgan fingerprint density at radius 3 is 1.27 bits per heavy atom. The summed E-state index contributed by atoms with van der Waals surface area (Å²) in [5.74, 6) is 0. The van der Waals surface area contributed by atoms with Gasteiger partial charge in [-0.15, -0.1) is 106 Å². The maximum absolute atomic E-state index is 2.20. The van der Waals surface area contributed by atoms with Crippen molar-refractivity contribution in [3.05, 3.63) is 83.9 Å². The smallest absolute Gasteiger partial charge is 0.165 e. The Hall–Kier alpha value is -0.660. The molecule has 0 amide bonds. The molecular formula is C22H26Cl2SiZr. The van der Waals surface area contributed by atoms with E-state index in [0.29, 0.717) is 0 Å². The van der Waals surface area contributed by atoms with Gasteiger partial charge in [-0.1, -0.05) is 39.1 Å². The molecule has 0 heterocycles. The fourth-order valence-corrected chi connectivity index (χ4v) is 2.61. The molecule has 0 aliphatic rings. The van der Waals surface area contributed by atoms with Crippen LogP contribution in [0.15, 0.2) is 72.8 Å². The average Bonchev–Trinajstić information content (AvgIpc) is 3.08. The summed E-state index contributed by atoms with van der Waals surface area (Å²) in [7, 11) is 1.08. The van der Waals surface area contributed by atoms with Gasteiger partial charge in [0.15, 0.2) is 0 Å². The van der Waals surface area contributed by atoms with Gasteiger partial charge in [0, 0.05) is 9.52 Å². The standard InChI is InChI=1S/2C10H9.C2H6Si.2ClH.Zr/c2*1-8-6-9-4-2-3-5-10(9)7-8;1-3-2;;;/h2*2-7H,1H3;1-2H3;2*1H;/q2*-1;;;;+2. The fraction of sp³-hybridized carbons (Fsp3) is 0.182. The van der Waals surface area contributed by atoms with E-state index < -0.39 is 0 Å². The van der Waals surface area contributed by atoms with Crippen molar-refractivity contribution in [2.45, 2.75) is 26.9 Å². The molecule has 0 aromatic heterocycles. The van der Waals surface area contributed by atoms with E-state index in [-0.39, 0.29) is 51.0 Å². The minimum atomic E-state index is 0. The van der Waals surface area contributed by atoms with Gasteiger partial charge in [0.2, 0.25) is 0 Å². The van der Waals surface area contributed by atoms with Crippen LogP contribution in [0.4, 0.5) is 0 Å². The van der Waals surface area contributed by atoms with Gasteiger partial charge < -0.3 is 0 Å². The molecule has 0 aliphatic carbocycles. The predicted octanol–water partition coefficient (Wildman–Crippen LogP) is 7.36.